The summed E-state index contributed by atoms with van der Waals surface area (Å²) in [6.07, 6.45) is 6.42. The van der Waals surface area contributed by atoms with Crippen molar-refractivity contribution in [3.05, 3.63) is 0 Å². The fourth-order valence-electron chi connectivity index (χ4n) is 3.82. The second kappa shape index (κ2) is 5.50. The van der Waals surface area contributed by atoms with Gasteiger partial charge in [-0.15, -0.1) is 0 Å². The maximum absolute atomic E-state index is 5.84. The lowest BCUT2D eigenvalue weighted by Crippen LogP contribution is -2.51. The maximum Gasteiger partial charge on any atom is 0.0678 e. The van der Waals surface area contributed by atoms with Crippen LogP contribution in [0.3, 0.4) is 0 Å². The molecule has 0 aromatic carbocycles. The Balaban J connectivity index is 1.86. The summed E-state index contributed by atoms with van der Waals surface area (Å²) in [4.78, 5) is 2.69. The van der Waals surface area contributed by atoms with Gasteiger partial charge in [0.15, 0.2) is 0 Å². The number of hydrogen-bond donors (Lipinski definition) is 0. The summed E-state index contributed by atoms with van der Waals surface area (Å²) < 4.78 is 5.84. The highest BCUT2D eigenvalue weighted by atomic mass is 16.5. The standard InChI is InChI=1S/C16H31NO/c1-12-10-17(11-13(2)18-12)15-8-6-14(7-9-15)16(3,4)5/h12-15H,6-11H2,1-5H3/t12-,13-,14?,15?/m0/s1. The van der Waals surface area contributed by atoms with E-state index in [-0.39, 0.29) is 0 Å². The quantitative estimate of drug-likeness (QED) is 0.706. The lowest BCUT2D eigenvalue weighted by molar-refractivity contribution is -0.0868. The van der Waals surface area contributed by atoms with Gasteiger partial charge in [-0.3, -0.25) is 4.90 Å². The third-order valence-electron chi connectivity index (χ3n) is 4.89. The van der Waals surface area contributed by atoms with E-state index in [2.05, 4.69) is 39.5 Å². The molecule has 1 saturated carbocycles. The van der Waals surface area contributed by atoms with Gasteiger partial charge in [0.25, 0.3) is 0 Å². The number of nitrogens with zero attached hydrogens (tertiary/aromatic N) is 1. The monoisotopic (exact) mass is 253 g/mol. The number of rotatable bonds is 1. The average Bonchev–Trinajstić information content (AvgIpc) is 2.27. The van der Waals surface area contributed by atoms with Crippen molar-refractivity contribution in [3.63, 3.8) is 0 Å². The molecule has 2 rings (SSSR count). The molecule has 0 amide bonds. The van der Waals surface area contributed by atoms with Gasteiger partial charge in [-0.25, -0.2) is 0 Å². The molecule has 2 aliphatic rings. The van der Waals surface area contributed by atoms with Gasteiger partial charge in [0.05, 0.1) is 12.2 Å². The molecule has 1 aliphatic carbocycles. The van der Waals surface area contributed by atoms with Crippen LogP contribution in [0, 0.1) is 11.3 Å². The zero-order valence-electron chi connectivity index (χ0n) is 12.9. The predicted molar refractivity (Wildman–Crippen MR) is 76.8 cm³/mol. The molecule has 0 aromatic heterocycles. The van der Waals surface area contributed by atoms with Crippen LogP contribution in [0.25, 0.3) is 0 Å². The first-order valence-electron chi connectivity index (χ1n) is 7.75. The van der Waals surface area contributed by atoms with E-state index in [1.807, 2.05) is 0 Å². The molecule has 2 atom stereocenters. The Hall–Kier alpha value is -0.0800. The van der Waals surface area contributed by atoms with E-state index in [1.54, 1.807) is 0 Å². The maximum atomic E-state index is 5.84. The van der Waals surface area contributed by atoms with Crippen molar-refractivity contribution >= 4 is 0 Å². The van der Waals surface area contributed by atoms with Crippen LogP contribution in [-0.4, -0.2) is 36.2 Å². The van der Waals surface area contributed by atoms with E-state index in [1.165, 1.54) is 25.7 Å². The zero-order valence-corrected chi connectivity index (χ0v) is 12.9. The molecule has 0 aromatic rings. The topological polar surface area (TPSA) is 12.5 Å². The molecule has 1 heterocycles. The Morgan fingerprint density at radius 1 is 0.889 bits per heavy atom. The van der Waals surface area contributed by atoms with Crippen molar-refractivity contribution < 1.29 is 4.74 Å². The fraction of sp³-hybridized carbons (Fsp3) is 1.00. The van der Waals surface area contributed by atoms with Gasteiger partial charge < -0.3 is 4.74 Å². The highest BCUT2D eigenvalue weighted by Gasteiger charge is 2.34. The molecular formula is C16H31NO. The first kappa shape index (κ1) is 14.3. The summed E-state index contributed by atoms with van der Waals surface area (Å²) in [5, 5.41) is 0. The predicted octanol–water partition coefficient (Wildman–Crippen LogP) is 3.70. The van der Waals surface area contributed by atoms with Crippen LogP contribution in [0.15, 0.2) is 0 Å². The van der Waals surface area contributed by atoms with Crippen LogP contribution >= 0.6 is 0 Å². The second-order valence-corrected chi connectivity index (χ2v) is 7.58. The Kier molecular flexibility index (Phi) is 4.38. The number of morpholine rings is 1. The molecule has 0 spiro atoms. The molecule has 18 heavy (non-hydrogen) atoms. The number of ether oxygens (including phenoxy) is 1. The Morgan fingerprint density at radius 3 is 1.83 bits per heavy atom. The molecule has 0 radical (unpaired) electrons. The van der Waals surface area contributed by atoms with E-state index in [4.69, 9.17) is 4.74 Å². The molecule has 0 unspecified atom stereocenters. The fourth-order valence-corrected chi connectivity index (χ4v) is 3.82. The van der Waals surface area contributed by atoms with Gasteiger partial charge in [-0.1, -0.05) is 20.8 Å². The average molecular weight is 253 g/mol. The first-order chi connectivity index (χ1) is 8.36. The van der Waals surface area contributed by atoms with Gasteiger partial charge >= 0.3 is 0 Å². The van der Waals surface area contributed by atoms with Crippen LogP contribution in [0.1, 0.15) is 60.3 Å². The van der Waals surface area contributed by atoms with Crippen LogP contribution in [0.4, 0.5) is 0 Å². The summed E-state index contributed by atoms with van der Waals surface area (Å²) in [6, 6.07) is 0.817. The van der Waals surface area contributed by atoms with Crippen molar-refractivity contribution in [2.45, 2.75) is 78.6 Å². The second-order valence-electron chi connectivity index (χ2n) is 7.58. The normalized spacial score (nSPS) is 39.8. The third-order valence-corrected chi connectivity index (χ3v) is 4.89. The molecule has 1 aliphatic heterocycles. The summed E-state index contributed by atoms with van der Waals surface area (Å²) in [7, 11) is 0. The Bertz CT molecular complexity index is 253. The molecule has 106 valence electrons. The summed E-state index contributed by atoms with van der Waals surface area (Å²) >= 11 is 0. The van der Waals surface area contributed by atoms with E-state index >= 15 is 0 Å². The largest absolute Gasteiger partial charge is 0.373 e. The smallest absolute Gasteiger partial charge is 0.0678 e. The van der Waals surface area contributed by atoms with E-state index in [0.717, 1.165) is 25.0 Å². The van der Waals surface area contributed by atoms with Gasteiger partial charge in [-0.05, 0) is 50.9 Å². The lowest BCUT2D eigenvalue weighted by Gasteiger charge is -2.44. The molecule has 1 saturated heterocycles. The minimum absolute atomic E-state index is 0.411. The SMILES string of the molecule is C[C@H]1CN(C2CCC(C(C)(C)C)CC2)C[C@H](C)O1. The van der Waals surface area contributed by atoms with Crippen molar-refractivity contribution in [3.8, 4) is 0 Å². The molecule has 2 fully saturated rings. The number of hydrogen-bond acceptors (Lipinski definition) is 2. The van der Waals surface area contributed by atoms with Gasteiger partial charge in [-0.2, -0.15) is 0 Å². The Labute approximate surface area is 113 Å². The van der Waals surface area contributed by atoms with Crippen molar-refractivity contribution in [1.82, 2.24) is 4.90 Å². The highest BCUT2D eigenvalue weighted by molar-refractivity contribution is 4.87. The minimum Gasteiger partial charge on any atom is -0.373 e. The lowest BCUT2D eigenvalue weighted by atomic mass is 9.71. The molecular weight excluding hydrogens is 222 g/mol. The Morgan fingerprint density at radius 2 is 1.39 bits per heavy atom. The van der Waals surface area contributed by atoms with E-state index in [0.29, 0.717) is 17.6 Å². The molecule has 2 nitrogen and oxygen atoms in total. The van der Waals surface area contributed by atoms with Gasteiger partial charge in [0.1, 0.15) is 0 Å². The van der Waals surface area contributed by atoms with Crippen LogP contribution in [-0.2, 0) is 4.74 Å². The molecule has 0 N–H and O–H groups in total. The minimum atomic E-state index is 0.411. The van der Waals surface area contributed by atoms with Crippen molar-refractivity contribution in [1.29, 1.82) is 0 Å². The first-order valence-corrected chi connectivity index (χ1v) is 7.75. The molecule has 2 heteroatoms. The summed E-state index contributed by atoms with van der Waals surface area (Å²) in [5.41, 5.74) is 0.497. The van der Waals surface area contributed by atoms with E-state index < -0.39 is 0 Å². The van der Waals surface area contributed by atoms with E-state index in [9.17, 15) is 0 Å². The highest BCUT2D eigenvalue weighted by Crippen LogP contribution is 2.39. The van der Waals surface area contributed by atoms with Crippen LogP contribution in [0.2, 0.25) is 0 Å². The van der Waals surface area contributed by atoms with Crippen LogP contribution in [0.5, 0.6) is 0 Å². The summed E-state index contributed by atoms with van der Waals surface area (Å²) in [5.74, 6) is 0.921. The van der Waals surface area contributed by atoms with Gasteiger partial charge in [0, 0.05) is 19.1 Å². The third kappa shape index (κ3) is 3.48. The summed E-state index contributed by atoms with van der Waals surface area (Å²) in [6.45, 7) is 13.9. The molecule has 0 bridgehead atoms. The zero-order chi connectivity index (χ0) is 13.3. The van der Waals surface area contributed by atoms with Crippen molar-refractivity contribution in [2.24, 2.45) is 11.3 Å². The van der Waals surface area contributed by atoms with Crippen molar-refractivity contribution in [2.75, 3.05) is 13.1 Å². The van der Waals surface area contributed by atoms with Crippen LogP contribution < -0.4 is 0 Å². The van der Waals surface area contributed by atoms with Gasteiger partial charge in [0.2, 0.25) is 0 Å².